The lowest BCUT2D eigenvalue weighted by molar-refractivity contribution is -0.111. The number of carbonyl (C=O) groups excluding carboxylic acids is 1. The fourth-order valence-electron chi connectivity index (χ4n) is 3.35. The third kappa shape index (κ3) is 7.70. The zero-order valence-electron chi connectivity index (χ0n) is 19.9. The first-order valence-electron chi connectivity index (χ1n) is 11.2. The molecular weight excluding hydrogens is 472 g/mol. The van der Waals surface area contributed by atoms with Gasteiger partial charge in [0.1, 0.15) is 12.2 Å². The standard InChI is InChI=1S/C25H29FN3O5P/c1-4-33-35(31,34-5-2)18-32-17-19-6-13-23(14-7-19)28-24(30)15-10-21-16-27-29(3)25(21)20-8-11-22(26)12-9-20/h6-16H,4-5,17-18H2,1-3H3,(H,28,30)/b15-10+. The predicted octanol–water partition coefficient (Wildman–Crippen LogP) is 5.62. The number of nitrogens with one attached hydrogen (secondary N) is 1. The van der Waals surface area contributed by atoms with Gasteiger partial charge < -0.3 is 19.1 Å². The quantitative estimate of drug-likeness (QED) is 0.256. The summed E-state index contributed by atoms with van der Waals surface area (Å²) in [4.78, 5) is 12.4. The van der Waals surface area contributed by atoms with Crippen LogP contribution in [-0.4, -0.2) is 35.2 Å². The Morgan fingerprint density at radius 3 is 2.37 bits per heavy atom. The number of hydrogen-bond donors (Lipinski definition) is 1. The topological polar surface area (TPSA) is 91.7 Å². The number of halogens is 1. The Labute approximate surface area is 204 Å². The van der Waals surface area contributed by atoms with Crippen molar-refractivity contribution in [3.63, 3.8) is 0 Å². The van der Waals surface area contributed by atoms with Gasteiger partial charge in [-0.3, -0.25) is 14.0 Å². The van der Waals surface area contributed by atoms with Gasteiger partial charge in [-0.15, -0.1) is 0 Å². The molecule has 1 N–H and O–H groups in total. The third-order valence-corrected chi connectivity index (χ3v) is 6.69. The summed E-state index contributed by atoms with van der Waals surface area (Å²) in [6.07, 6.45) is 4.60. The smallest absolute Gasteiger partial charge is 0.356 e. The molecule has 0 bridgehead atoms. The number of aromatic nitrogens is 2. The van der Waals surface area contributed by atoms with Crippen LogP contribution in [0.5, 0.6) is 0 Å². The molecule has 1 aromatic heterocycles. The molecule has 0 unspecified atom stereocenters. The molecule has 1 heterocycles. The molecule has 186 valence electrons. The van der Waals surface area contributed by atoms with E-state index in [9.17, 15) is 13.8 Å². The summed E-state index contributed by atoms with van der Waals surface area (Å²) in [6, 6.07) is 13.2. The Balaban J connectivity index is 1.56. The molecule has 35 heavy (non-hydrogen) atoms. The second kappa shape index (κ2) is 12.6. The molecule has 2 aromatic carbocycles. The van der Waals surface area contributed by atoms with Crippen molar-refractivity contribution in [2.24, 2.45) is 7.05 Å². The van der Waals surface area contributed by atoms with Crippen molar-refractivity contribution in [1.82, 2.24) is 9.78 Å². The number of amides is 1. The Morgan fingerprint density at radius 2 is 1.74 bits per heavy atom. The highest BCUT2D eigenvalue weighted by atomic mass is 31.2. The van der Waals surface area contributed by atoms with Gasteiger partial charge in [-0.05, 0) is 61.9 Å². The van der Waals surface area contributed by atoms with Crippen LogP contribution in [0.4, 0.5) is 10.1 Å². The van der Waals surface area contributed by atoms with Gasteiger partial charge in [0.05, 0.1) is 31.7 Å². The van der Waals surface area contributed by atoms with E-state index in [0.29, 0.717) is 5.69 Å². The average Bonchev–Trinajstić information content (AvgIpc) is 3.20. The number of nitrogens with zero attached hydrogens (tertiary/aromatic N) is 2. The van der Waals surface area contributed by atoms with E-state index in [-0.39, 0.29) is 37.9 Å². The van der Waals surface area contributed by atoms with Crippen molar-refractivity contribution in [1.29, 1.82) is 0 Å². The summed E-state index contributed by atoms with van der Waals surface area (Å²) >= 11 is 0. The molecule has 3 aromatic rings. The van der Waals surface area contributed by atoms with E-state index in [1.807, 2.05) is 0 Å². The van der Waals surface area contributed by atoms with Gasteiger partial charge in [0.25, 0.3) is 0 Å². The van der Waals surface area contributed by atoms with Crippen LogP contribution in [-0.2, 0) is 36.8 Å². The first-order chi connectivity index (χ1) is 16.8. The van der Waals surface area contributed by atoms with Crippen LogP contribution in [0.1, 0.15) is 25.0 Å². The monoisotopic (exact) mass is 501 g/mol. The summed E-state index contributed by atoms with van der Waals surface area (Å²) in [7, 11) is -1.47. The van der Waals surface area contributed by atoms with Crippen molar-refractivity contribution < 1.29 is 27.5 Å². The molecular formula is C25H29FN3O5P. The van der Waals surface area contributed by atoms with Crippen LogP contribution in [0.15, 0.2) is 60.8 Å². The van der Waals surface area contributed by atoms with E-state index in [1.54, 1.807) is 74.2 Å². The molecule has 0 saturated heterocycles. The van der Waals surface area contributed by atoms with E-state index in [1.165, 1.54) is 18.2 Å². The molecule has 8 nitrogen and oxygen atoms in total. The first kappa shape index (κ1) is 26.5. The van der Waals surface area contributed by atoms with Crippen molar-refractivity contribution in [2.45, 2.75) is 20.5 Å². The minimum atomic E-state index is -3.25. The van der Waals surface area contributed by atoms with Crippen molar-refractivity contribution in [3.05, 3.63) is 77.7 Å². The maximum absolute atomic E-state index is 13.3. The summed E-state index contributed by atoms with van der Waals surface area (Å²) in [5.74, 6) is -0.627. The highest BCUT2D eigenvalue weighted by molar-refractivity contribution is 7.53. The van der Waals surface area contributed by atoms with Gasteiger partial charge in [0.2, 0.25) is 5.91 Å². The summed E-state index contributed by atoms with van der Waals surface area (Å²) in [6.45, 7) is 4.27. The van der Waals surface area contributed by atoms with E-state index >= 15 is 0 Å². The lowest BCUT2D eigenvalue weighted by Crippen LogP contribution is -2.08. The first-order valence-corrected chi connectivity index (χ1v) is 12.9. The average molecular weight is 501 g/mol. The minimum absolute atomic E-state index is 0.133. The fraction of sp³-hybridized carbons (Fsp3) is 0.280. The molecule has 0 aliphatic rings. The van der Waals surface area contributed by atoms with Gasteiger partial charge in [-0.25, -0.2) is 4.39 Å². The fourth-order valence-corrected chi connectivity index (χ4v) is 4.68. The second-order valence-corrected chi connectivity index (χ2v) is 9.52. The highest BCUT2D eigenvalue weighted by Crippen LogP contribution is 2.47. The van der Waals surface area contributed by atoms with E-state index in [0.717, 1.165) is 22.4 Å². The number of carbonyl (C=O) groups is 1. The Morgan fingerprint density at radius 1 is 1.09 bits per heavy atom. The number of benzene rings is 2. The highest BCUT2D eigenvalue weighted by Gasteiger charge is 2.23. The van der Waals surface area contributed by atoms with Gasteiger partial charge in [-0.2, -0.15) is 5.10 Å². The van der Waals surface area contributed by atoms with Gasteiger partial charge in [-0.1, -0.05) is 12.1 Å². The molecule has 0 aliphatic carbocycles. The summed E-state index contributed by atoms with van der Waals surface area (Å²) < 4.78 is 43.3. The Kier molecular flexibility index (Phi) is 9.51. The predicted molar refractivity (Wildman–Crippen MR) is 133 cm³/mol. The molecule has 0 radical (unpaired) electrons. The number of aryl methyl sites for hydroxylation is 1. The minimum Gasteiger partial charge on any atom is -0.364 e. The van der Waals surface area contributed by atoms with Crippen LogP contribution in [0.3, 0.4) is 0 Å². The number of hydrogen-bond acceptors (Lipinski definition) is 6. The maximum atomic E-state index is 13.3. The molecule has 0 fully saturated rings. The Hall–Kier alpha value is -3.10. The normalized spacial score (nSPS) is 11.8. The Bertz CT molecular complexity index is 1180. The number of anilines is 1. The van der Waals surface area contributed by atoms with Gasteiger partial charge in [0.15, 0.2) is 0 Å². The van der Waals surface area contributed by atoms with Crippen molar-refractivity contribution >= 4 is 25.3 Å². The zero-order chi connectivity index (χ0) is 25.3. The third-order valence-electron chi connectivity index (χ3n) is 4.89. The van der Waals surface area contributed by atoms with Gasteiger partial charge in [0, 0.05) is 29.9 Å². The summed E-state index contributed by atoms with van der Waals surface area (Å²) in [5, 5.41) is 7.04. The molecule has 1 amide bonds. The number of rotatable bonds is 12. The SMILES string of the molecule is CCOP(=O)(COCc1ccc(NC(=O)/C=C/c2cnn(C)c2-c2ccc(F)cc2)cc1)OCC. The number of ether oxygens (including phenoxy) is 1. The zero-order valence-corrected chi connectivity index (χ0v) is 20.8. The largest absolute Gasteiger partial charge is 0.364 e. The lowest BCUT2D eigenvalue weighted by Gasteiger charge is -2.16. The van der Waals surface area contributed by atoms with E-state index in [4.69, 9.17) is 13.8 Å². The summed E-state index contributed by atoms with van der Waals surface area (Å²) in [5.41, 5.74) is 3.76. The van der Waals surface area contributed by atoms with Crippen LogP contribution in [0.25, 0.3) is 17.3 Å². The van der Waals surface area contributed by atoms with Gasteiger partial charge >= 0.3 is 7.60 Å². The molecule has 10 heteroatoms. The molecule has 0 spiro atoms. The molecule has 3 rings (SSSR count). The van der Waals surface area contributed by atoms with E-state index < -0.39 is 7.60 Å². The lowest BCUT2D eigenvalue weighted by atomic mass is 10.1. The molecule has 0 atom stereocenters. The van der Waals surface area contributed by atoms with Crippen LogP contribution in [0, 0.1) is 5.82 Å². The van der Waals surface area contributed by atoms with Crippen LogP contribution in [0.2, 0.25) is 0 Å². The van der Waals surface area contributed by atoms with Crippen molar-refractivity contribution in [3.8, 4) is 11.3 Å². The molecule has 0 saturated carbocycles. The maximum Gasteiger partial charge on any atom is 0.356 e. The van der Waals surface area contributed by atoms with Crippen LogP contribution >= 0.6 is 7.60 Å². The van der Waals surface area contributed by atoms with Crippen LogP contribution < -0.4 is 5.32 Å². The second-order valence-electron chi connectivity index (χ2n) is 7.52. The molecule has 0 aliphatic heterocycles. The van der Waals surface area contributed by atoms with Crippen molar-refractivity contribution in [2.75, 3.05) is 24.9 Å². The van der Waals surface area contributed by atoms with E-state index in [2.05, 4.69) is 10.4 Å².